The van der Waals surface area contributed by atoms with Gasteiger partial charge in [0.15, 0.2) is 5.16 Å². The van der Waals surface area contributed by atoms with Gasteiger partial charge in [0, 0.05) is 18.9 Å². The largest absolute Gasteiger partial charge is 0.424 e. The molecule has 9 heteroatoms. The van der Waals surface area contributed by atoms with Crippen molar-refractivity contribution >= 4 is 28.6 Å². The first-order valence-corrected chi connectivity index (χ1v) is 10.7. The fraction of sp³-hybridized carbons (Fsp3) is 0.450. The molecule has 1 amide bonds. The molecule has 0 radical (unpaired) electrons. The molecule has 0 unspecified atom stereocenters. The van der Waals surface area contributed by atoms with Crippen molar-refractivity contribution in [2.24, 2.45) is 5.73 Å². The maximum atomic E-state index is 13.0. The maximum absolute atomic E-state index is 13.0. The molecule has 0 saturated heterocycles. The van der Waals surface area contributed by atoms with Gasteiger partial charge < -0.3 is 10.2 Å². The fourth-order valence-corrected chi connectivity index (χ4v) is 3.75. The van der Waals surface area contributed by atoms with Crippen LogP contribution in [-0.2, 0) is 17.1 Å². The van der Waals surface area contributed by atoms with E-state index >= 15 is 0 Å². The molecule has 8 nitrogen and oxygen atoms in total. The van der Waals surface area contributed by atoms with E-state index in [-0.39, 0.29) is 17.4 Å². The van der Waals surface area contributed by atoms with E-state index in [1.54, 1.807) is 10.6 Å². The van der Waals surface area contributed by atoms with Gasteiger partial charge in [0.2, 0.25) is 17.7 Å². The number of rotatable bonds is 10. The lowest BCUT2D eigenvalue weighted by molar-refractivity contribution is -0.118. The lowest BCUT2D eigenvalue weighted by atomic mass is 10.2. The Morgan fingerprint density at radius 2 is 2.00 bits per heavy atom. The van der Waals surface area contributed by atoms with E-state index in [4.69, 9.17) is 10.2 Å². The van der Waals surface area contributed by atoms with Gasteiger partial charge in [0.25, 0.3) is 5.56 Å². The summed E-state index contributed by atoms with van der Waals surface area (Å²) in [5.74, 6) is 1.41. The number of fused-ring (bicyclic) bond motifs is 1. The monoisotopic (exact) mass is 415 g/mol. The molecule has 0 bridgehead atoms. The Morgan fingerprint density at radius 3 is 2.72 bits per heavy atom. The number of para-hydroxylation sites is 1. The summed E-state index contributed by atoms with van der Waals surface area (Å²) in [5, 5.41) is 9.33. The molecule has 3 aromatic rings. The Morgan fingerprint density at radius 1 is 1.21 bits per heavy atom. The van der Waals surface area contributed by atoms with Crippen LogP contribution in [-0.4, -0.2) is 25.7 Å². The first-order chi connectivity index (χ1) is 14.0. The number of benzene rings is 1. The average molecular weight is 416 g/mol. The van der Waals surface area contributed by atoms with E-state index < -0.39 is 0 Å². The predicted molar refractivity (Wildman–Crippen MR) is 112 cm³/mol. The summed E-state index contributed by atoms with van der Waals surface area (Å²) in [7, 11) is 0. The van der Waals surface area contributed by atoms with Gasteiger partial charge >= 0.3 is 0 Å². The van der Waals surface area contributed by atoms with Crippen molar-refractivity contribution in [1.29, 1.82) is 0 Å². The summed E-state index contributed by atoms with van der Waals surface area (Å²) in [6, 6.07) is 7.32. The summed E-state index contributed by atoms with van der Waals surface area (Å²) in [4.78, 5) is 28.6. The van der Waals surface area contributed by atoms with E-state index in [9.17, 15) is 9.59 Å². The van der Waals surface area contributed by atoms with E-state index in [1.807, 2.05) is 32.0 Å². The Balaban J connectivity index is 1.79. The van der Waals surface area contributed by atoms with Crippen molar-refractivity contribution < 1.29 is 9.21 Å². The third-order valence-electron chi connectivity index (χ3n) is 4.43. The lowest BCUT2D eigenvalue weighted by Crippen LogP contribution is -2.23. The van der Waals surface area contributed by atoms with Crippen molar-refractivity contribution in [3.8, 4) is 0 Å². The van der Waals surface area contributed by atoms with Crippen LogP contribution in [0.1, 0.15) is 57.2 Å². The number of nitrogens with two attached hydrogens (primary N) is 1. The topological polar surface area (TPSA) is 117 Å². The van der Waals surface area contributed by atoms with Crippen molar-refractivity contribution in [2.45, 2.75) is 62.9 Å². The molecule has 0 aliphatic rings. The van der Waals surface area contributed by atoms with Gasteiger partial charge in [-0.05, 0) is 25.0 Å². The molecule has 1 aromatic carbocycles. The minimum Gasteiger partial charge on any atom is -0.424 e. The summed E-state index contributed by atoms with van der Waals surface area (Å²) in [6.45, 7) is 4.51. The normalized spacial score (nSPS) is 11.4. The van der Waals surface area contributed by atoms with E-state index in [0.717, 1.165) is 12.8 Å². The molecule has 0 aliphatic heterocycles. The van der Waals surface area contributed by atoms with Crippen molar-refractivity contribution in [3.63, 3.8) is 0 Å². The first kappa shape index (κ1) is 21.0. The van der Waals surface area contributed by atoms with Crippen LogP contribution in [0.4, 0.5) is 0 Å². The third-order valence-corrected chi connectivity index (χ3v) is 5.39. The van der Waals surface area contributed by atoms with Crippen molar-refractivity contribution in [3.05, 3.63) is 46.4 Å². The van der Waals surface area contributed by atoms with Crippen molar-refractivity contribution in [2.75, 3.05) is 0 Å². The average Bonchev–Trinajstić information content (AvgIpc) is 3.17. The lowest BCUT2D eigenvalue weighted by Gasteiger charge is -2.12. The van der Waals surface area contributed by atoms with Gasteiger partial charge in [-0.1, -0.05) is 44.2 Å². The second-order valence-corrected chi connectivity index (χ2v) is 8.07. The van der Waals surface area contributed by atoms with Crippen LogP contribution in [0.5, 0.6) is 0 Å². The van der Waals surface area contributed by atoms with Gasteiger partial charge in [-0.25, -0.2) is 4.98 Å². The molecule has 2 aromatic heterocycles. The molecule has 0 saturated carbocycles. The highest BCUT2D eigenvalue weighted by atomic mass is 32.2. The zero-order valence-corrected chi connectivity index (χ0v) is 17.4. The highest BCUT2D eigenvalue weighted by Gasteiger charge is 2.14. The zero-order valence-electron chi connectivity index (χ0n) is 16.6. The second kappa shape index (κ2) is 9.69. The summed E-state index contributed by atoms with van der Waals surface area (Å²) in [6.07, 6.45) is 2.65. The number of aromatic nitrogens is 4. The number of hydrogen-bond acceptors (Lipinski definition) is 7. The number of carbonyl (C=O) groups is 1. The molecular formula is C20H25N5O3S. The molecule has 2 N–H and O–H groups in total. The number of amides is 1. The van der Waals surface area contributed by atoms with Gasteiger partial charge in [0.1, 0.15) is 0 Å². The molecule has 0 aliphatic carbocycles. The number of unbranched alkanes of at least 4 members (excludes halogenated alkanes) is 2. The standard InChI is InChI=1S/C20H25N5O3S/c1-13(2)18-24-23-17(28-18)12-29-20-22-15-9-6-5-8-14(15)19(27)25(20)11-7-3-4-10-16(21)26/h5-6,8-9,13H,3-4,7,10-12H2,1-2H3,(H2,21,26). The number of thioether (sulfide) groups is 1. The number of carbonyl (C=O) groups excluding carboxylic acids is 1. The molecule has 154 valence electrons. The number of hydrogen-bond donors (Lipinski definition) is 1. The molecule has 0 fully saturated rings. The van der Waals surface area contributed by atoms with Crippen LogP contribution in [0.15, 0.2) is 38.6 Å². The van der Waals surface area contributed by atoms with E-state index in [0.29, 0.717) is 53.0 Å². The highest BCUT2D eigenvalue weighted by Crippen LogP contribution is 2.23. The van der Waals surface area contributed by atoms with Crippen LogP contribution in [0.2, 0.25) is 0 Å². The van der Waals surface area contributed by atoms with Crippen molar-refractivity contribution in [1.82, 2.24) is 19.7 Å². The van der Waals surface area contributed by atoms with Crippen LogP contribution < -0.4 is 11.3 Å². The maximum Gasteiger partial charge on any atom is 0.262 e. The molecule has 0 spiro atoms. The van der Waals surface area contributed by atoms with Crippen LogP contribution >= 0.6 is 11.8 Å². The molecular weight excluding hydrogens is 390 g/mol. The predicted octanol–water partition coefficient (Wildman–Crippen LogP) is 3.24. The Labute approximate surface area is 172 Å². The smallest absolute Gasteiger partial charge is 0.262 e. The van der Waals surface area contributed by atoms with E-state index in [2.05, 4.69) is 15.2 Å². The Hall–Kier alpha value is -2.68. The zero-order chi connectivity index (χ0) is 20.8. The molecule has 0 atom stereocenters. The SMILES string of the molecule is CC(C)c1nnc(CSc2nc3ccccc3c(=O)n2CCCCCC(N)=O)o1. The summed E-state index contributed by atoms with van der Waals surface area (Å²) in [5.41, 5.74) is 5.78. The van der Waals surface area contributed by atoms with Crippen LogP contribution in [0, 0.1) is 0 Å². The number of primary amides is 1. The second-order valence-electron chi connectivity index (χ2n) is 7.12. The summed E-state index contributed by atoms with van der Waals surface area (Å²) < 4.78 is 7.35. The van der Waals surface area contributed by atoms with Crippen LogP contribution in [0.3, 0.4) is 0 Å². The molecule has 3 rings (SSSR count). The Bertz CT molecular complexity index is 1040. The summed E-state index contributed by atoms with van der Waals surface area (Å²) >= 11 is 1.40. The molecule has 29 heavy (non-hydrogen) atoms. The minimum atomic E-state index is -0.300. The van der Waals surface area contributed by atoms with Gasteiger partial charge in [-0.2, -0.15) is 0 Å². The Kier molecular flexibility index (Phi) is 7.03. The fourth-order valence-electron chi connectivity index (χ4n) is 2.89. The minimum absolute atomic E-state index is 0.0681. The highest BCUT2D eigenvalue weighted by molar-refractivity contribution is 7.98. The first-order valence-electron chi connectivity index (χ1n) is 9.68. The van der Waals surface area contributed by atoms with E-state index in [1.165, 1.54) is 11.8 Å². The van der Waals surface area contributed by atoms with Gasteiger partial charge in [-0.15, -0.1) is 10.2 Å². The van der Waals surface area contributed by atoms with Gasteiger partial charge in [0.05, 0.1) is 16.7 Å². The third kappa shape index (κ3) is 5.44. The van der Waals surface area contributed by atoms with Gasteiger partial charge in [-0.3, -0.25) is 14.2 Å². The van der Waals surface area contributed by atoms with Crippen LogP contribution in [0.25, 0.3) is 10.9 Å². The molecule has 2 heterocycles. The number of nitrogens with zero attached hydrogens (tertiary/aromatic N) is 4. The quantitative estimate of drug-likeness (QED) is 0.307.